The molecule has 0 saturated carbocycles. The Labute approximate surface area is 335 Å². The Hall–Kier alpha value is -7.95. The molecule has 9 aromatic carbocycles. The molecule has 15 rings (SSSR count). The largest absolute Gasteiger partial charge is 0.309 e. The fraction of sp³-hybridized carbons (Fsp3) is 0. The van der Waals surface area contributed by atoms with Gasteiger partial charge in [-0.3, -0.25) is 4.40 Å². The van der Waals surface area contributed by atoms with E-state index in [2.05, 4.69) is 195 Å². The fourth-order valence-corrected chi connectivity index (χ4v) is 11.1. The second-order valence-electron chi connectivity index (χ2n) is 16.3. The van der Waals surface area contributed by atoms with Crippen molar-refractivity contribution in [2.75, 3.05) is 0 Å². The highest BCUT2D eigenvalue weighted by Crippen LogP contribution is 2.48. The number of hydrogen-bond donors (Lipinski definition) is 0. The predicted octanol–water partition coefficient (Wildman–Crippen LogP) is 14.5. The summed E-state index contributed by atoms with van der Waals surface area (Å²) in [6, 6.07) is 67.2. The number of nitrogens with zero attached hydrogens (tertiary/aromatic N) is 4. The number of hydrogen-bond acceptors (Lipinski definition) is 1. The molecule has 0 atom stereocenters. The van der Waals surface area contributed by atoms with Crippen molar-refractivity contribution in [2.24, 2.45) is 0 Å². The normalized spacial score (nSPS) is 12.7. The van der Waals surface area contributed by atoms with Gasteiger partial charge in [-0.2, -0.15) is 0 Å². The highest BCUT2D eigenvalue weighted by molar-refractivity contribution is 6.35. The smallest absolute Gasteiger partial charge is 0.146 e. The van der Waals surface area contributed by atoms with Crippen molar-refractivity contribution < 1.29 is 0 Å². The third kappa shape index (κ3) is 3.60. The summed E-state index contributed by atoms with van der Waals surface area (Å²) >= 11 is 0. The molecule has 0 radical (unpaired) electrons. The van der Waals surface area contributed by atoms with Crippen LogP contribution >= 0.6 is 0 Å². The molecule has 0 unspecified atom stereocenters. The van der Waals surface area contributed by atoms with Crippen LogP contribution in [0.25, 0.3) is 137 Å². The zero-order valence-corrected chi connectivity index (χ0v) is 31.6. The Balaban J connectivity index is 1.09. The minimum absolute atomic E-state index is 1.01. The number of pyridine rings is 1. The molecule has 0 saturated heterocycles. The maximum atomic E-state index is 5.76. The van der Waals surface area contributed by atoms with Gasteiger partial charge in [-0.25, -0.2) is 4.98 Å². The summed E-state index contributed by atoms with van der Waals surface area (Å²) in [7, 11) is 0. The van der Waals surface area contributed by atoms with Crippen molar-refractivity contribution in [3.05, 3.63) is 182 Å². The van der Waals surface area contributed by atoms with E-state index in [1.807, 2.05) is 0 Å². The maximum Gasteiger partial charge on any atom is 0.146 e. The van der Waals surface area contributed by atoms with Crippen molar-refractivity contribution >= 4 is 120 Å². The van der Waals surface area contributed by atoms with Gasteiger partial charge in [0.05, 0.1) is 44.1 Å². The van der Waals surface area contributed by atoms with Crippen molar-refractivity contribution in [2.45, 2.75) is 0 Å². The Kier molecular flexibility index (Phi) is 5.38. The molecule has 0 spiro atoms. The monoisotopic (exact) mass is 746 g/mol. The zero-order valence-electron chi connectivity index (χ0n) is 31.6. The van der Waals surface area contributed by atoms with Crippen molar-refractivity contribution in [3.8, 4) is 16.8 Å². The predicted molar refractivity (Wildman–Crippen MR) is 248 cm³/mol. The first-order valence-corrected chi connectivity index (χ1v) is 20.4. The summed E-state index contributed by atoms with van der Waals surface area (Å²) in [6.07, 6.45) is 0. The van der Waals surface area contributed by atoms with Gasteiger partial charge < -0.3 is 8.97 Å². The average Bonchev–Trinajstić information content (AvgIpc) is 4.08. The molecule has 4 nitrogen and oxygen atoms in total. The van der Waals surface area contributed by atoms with Crippen LogP contribution in [0.2, 0.25) is 0 Å². The topological polar surface area (TPSA) is 26.6 Å². The van der Waals surface area contributed by atoms with Crippen LogP contribution in [-0.2, 0) is 0 Å². The SMILES string of the molecule is c1ccc(-n2c3ccccc3c3cc(-c4cccc5c6cccc7c8nc9c(cc8n(c45)c67)c4cc5ccccc5c5c6ccc7ccccc7c6n9c45)ccc32)cc1. The van der Waals surface area contributed by atoms with E-state index >= 15 is 0 Å². The van der Waals surface area contributed by atoms with Crippen LogP contribution < -0.4 is 0 Å². The molecule has 6 heterocycles. The van der Waals surface area contributed by atoms with Crippen LogP contribution in [0, 0.1) is 0 Å². The van der Waals surface area contributed by atoms with Crippen LogP contribution in [0.5, 0.6) is 0 Å². The molecule has 0 aliphatic rings. The molecule has 0 N–H and O–H groups in total. The third-order valence-corrected chi connectivity index (χ3v) is 13.4. The zero-order chi connectivity index (χ0) is 38.1. The molecule has 6 aromatic heterocycles. The minimum atomic E-state index is 1.01. The quantitative estimate of drug-likeness (QED) is 0.173. The highest BCUT2D eigenvalue weighted by Gasteiger charge is 2.26. The molecule has 0 amide bonds. The molecule has 4 heteroatoms. The van der Waals surface area contributed by atoms with Crippen molar-refractivity contribution in [1.82, 2.24) is 18.4 Å². The van der Waals surface area contributed by atoms with Gasteiger partial charge >= 0.3 is 0 Å². The van der Waals surface area contributed by atoms with E-state index in [0.717, 1.165) is 16.7 Å². The first-order chi connectivity index (χ1) is 29.3. The van der Waals surface area contributed by atoms with Crippen LogP contribution in [0.15, 0.2) is 182 Å². The van der Waals surface area contributed by atoms with Crippen LogP contribution in [0.1, 0.15) is 0 Å². The third-order valence-electron chi connectivity index (χ3n) is 13.4. The summed E-state index contributed by atoms with van der Waals surface area (Å²) in [5.74, 6) is 0. The summed E-state index contributed by atoms with van der Waals surface area (Å²) in [6.45, 7) is 0. The number of para-hydroxylation sites is 4. The molecule has 270 valence electrons. The molecule has 0 fully saturated rings. The number of rotatable bonds is 2. The second-order valence-corrected chi connectivity index (χ2v) is 16.3. The Bertz CT molecular complexity index is 4300. The summed E-state index contributed by atoms with van der Waals surface area (Å²) in [5.41, 5.74) is 14.1. The maximum absolute atomic E-state index is 5.76. The lowest BCUT2D eigenvalue weighted by Crippen LogP contribution is -1.93. The number of aromatic nitrogens is 4. The number of fused-ring (bicyclic) bond motifs is 19. The van der Waals surface area contributed by atoms with Gasteiger partial charge in [0.25, 0.3) is 0 Å². The van der Waals surface area contributed by atoms with Crippen LogP contribution in [-0.4, -0.2) is 18.4 Å². The fourth-order valence-electron chi connectivity index (χ4n) is 11.1. The van der Waals surface area contributed by atoms with Gasteiger partial charge in [0, 0.05) is 65.1 Å². The molecular formula is C55H30N4. The lowest BCUT2D eigenvalue weighted by Gasteiger charge is -2.09. The van der Waals surface area contributed by atoms with E-state index in [1.165, 1.54) is 120 Å². The average molecular weight is 747 g/mol. The van der Waals surface area contributed by atoms with E-state index in [9.17, 15) is 0 Å². The van der Waals surface area contributed by atoms with E-state index in [0.29, 0.717) is 0 Å². The van der Waals surface area contributed by atoms with E-state index in [4.69, 9.17) is 4.98 Å². The molecule has 15 aromatic rings. The van der Waals surface area contributed by atoms with Gasteiger partial charge in [-0.15, -0.1) is 0 Å². The molecular weight excluding hydrogens is 717 g/mol. The molecule has 0 aliphatic heterocycles. The molecule has 0 aliphatic carbocycles. The Morgan fingerprint density at radius 1 is 0.339 bits per heavy atom. The van der Waals surface area contributed by atoms with Gasteiger partial charge in [-0.1, -0.05) is 140 Å². The molecule has 0 bridgehead atoms. The first kappa shape index (κ1) is 30.2. The van der Waals surface area contributed by atoms with E-state index < -0.39 is 0 Å². The second kappa shape index (κ2) is 10.5. The van der Waals surface area contributed by atoms with Crippen LogP contribution in [0.4, 0.5) is 0 Å². The minimum Gasteiger partial charge on any atom is -0.309 e. The van der Waals surface area contributed by atoms with Crippen molar-refractivity contribution in [3.63, 3.8) is 0 Å². The van der Waals surface area contributed by atoms with E-state index in [-0.39, 0.29) is 0 Å². The van der Waals surface area contributed by atoms with Crippen molar-refractivity contribution in [1.29, 1.82) is 0 Å². The first-order valence-electron chi connectivity index (χ1n) is 20.4. The summed E-state index contributed by atoms with van der Waals surface area (Å²) < 4.78 is 7.39. The van der Waals surface area contributed by atoms with Gasteiger partial charge in [-0.05, 0) is 64.2 Å². The standard InChI is InChI=1S/C55H30N4/c1-2-14-34(15-3-1)57-46-23-9-8-18-38(46)43-28-33(25-27-47(43)57)37-19-10-20-39-40-21-11-22-42-50-48(58(51(37)39)53(40)42)30-45-44-29-32-13-5-6-16-35(32)49-41-26-24-31-12-4-7-17-36(31)52(41)59(54(44)49)55(45)56-50/h1-30H. The highest BCUT2D eigenvalue weighted by atomic mass is 15.0. The lowest BCUT2D eigenvalue weighted by molar-refractivity contribution is 1.18. The summed E-state index contributed by atoms with van der Waals surface area (Å²) in [5, 5.41) is 16.2. The van der Waals surface area contributed by atoms with E-state index in [1.54, 1.807) is 0 Å². The Morgan fingerprint density at radius 3 is 1.93 bits per heavy atom. The van der Waals surface area contributed by atoms with Crippen LogP contribution in [0.3, 0.4) is 0 Å². The van der Waals surface area contributed by atoms with Gasteiger partial charge in [0.1, 0.15) is 5.65 Å². The van der Waals surface area contributed by atoms with Gasteiger partial charge in [0.15, 0.2) is 0 Å². The lowest BCUT2D eigenvalue weighted by atomic mass is 9.99. The van der Waals surface area contributed by atoms with Gasteiger partial charge in [0.2, 0.25) is 0 Å². The Morgan fingerprint density at radius 2 is 1.03 bits per heavy atom. The summed E-state index contributed by atoms with van der Waals surface area (Å²) in [4.78, 5) is 5.76. The number of benzene rings is 9. The molecule has 59 heavy (non-hydrogen) atoms.